The second kappa shape index (κ2) is 5.72. The van der Waals surface area contributed by atoms with Crippen molar-refractivity contribution in [2.45, 2.75) is 25.3 Å². The topological polar surface area (TPSA) is 55.6 Å². The fourth-order valence-electron chi connectivity index (χ4n) is 3.08. The first-order chi connectivity index (χ1) is 9.68. The van der Waals surface area contributed by atoms with Gasteiger partial charge in [-0.15, -0.1) is 0 Å². The summed E-state index contributed by atoms with van der Waals surface area (Å²) in [7, 11) is 0. The number of nitrogens with two attached hydrogens (primary N) is 1. The van der Waals surface area contributed by atoms with Gasteiger partial charge in [-0.25, -0.2) is 0 Å². The molecular formula is C15H19ClN2O2. The highest BCUT2D eigenvalue weighted by molar-refractivity contribution is 6.32. The molecule has 2 aliphatic heterocycles. The summed E-state index contributed by atoms with van der Waals surface area (Å²) < 4.78 is 5.33. The number of rotatable bonds is 2. The van der Waals surface area contributed by atoms with Crippen molar-refractivity contribution in [1.82, 2.24) is 0 Å². The fraction of sp³-hybridized carbons (Fsp3) is 0.533. The van der Waals surface area contributed by atoms with E-state index in [1.54, 1.807) is 4.90 Å². The van der Waals surface area contributed by atoms with Crippen molar-refractivity contribution in [3.8, 4) is 0 Å². The Kier molecular flexibility index (Phi) is 3.96. The largest absolute Gasteiger partial charge is 0.381 e. The van der Waals surface area contributed by atoms with Crippen LogP contribution in [0.3, 0.4) is 0 Å². The van der Waals surface area contributed by atoms with Crippen LogP contribution >= 0.6 is 11.6 Å². The Labute approximate surface area is 123 Å². The van der Waals surface area contributed by atoms with Crippen molar-refractivity contribution >= 4 is 23.2 Å². The fourth-order valence-corrected chi connectivity index (χ4v) is 3.34. The molecule has 1 fully saturated rings. The Hall–Kier alpha value is -1.10. The lowest BCUT2D eigenvalue weighted by atomic mass is 9.91. The highest BCUT2D eigenvalue weighted by atomic mass is 35.5. The number of ether oxygens (including phenoxy) is 1. The molecule has 2 N–H and O–H groups in total. The SMILES string of the molecule is NC(C(=O)N1CCc2c(Cl)cccc21)C1CCOCC1. The highest BCUT2D eigenvalue weighted by Crippen LogP contribution is 2.34. The van der Waals surface area contributed by atoms with Gasteiger partial charge in [0.15, 0.2) is 0 Å². The number of benzene rings is 1. The van der Waals surface area contributed by atoms with Gasteiger partial charge in [-0.2, -0.15) is 0 Å². The van der Waals surface area contributed by atoms with E-state index in [0.29, 0.717) is 19.8 Å². The number of halogens is 1. The van der Waals surface area contributed by atoms with Crippen molar-refractivity contribution in [3.05, 3.63) is 28.8 Å². The quantitative estimate of drug-likeness (QED) is 0.907. The van der Waals surface area contributed by atoms with E-state index in [2.05, 4.69) is 0 Å². The van der Waals surface area contributed by atoms with Crippen molar-refractivity contribution in [1.29, 1.82) is 0 Å². The first kappa shape index (κ1) is 13.9. The van der Waals surface area contributed by atoms with Gasteiger partial charge in [0.2, 0.25) is 5.91 Å². The van der Waals surface area contributed by atoms with E-state index >= 15 is 0 Å². The lowest BCUT2D eigenvalue weighted by Crippen LogP contribution is -2.48. The van der Waals surface area contributed by atoms with E-state index in [9.17, 15) is 4.79 Å². The Bertz CT molecular complexity index is 515. The number of carbonyl (C=O) groups is 1. The van der Waals surface area contributed by atoms with Crippen LogP contribution < -0.4 is 10.6 Å². The van der Waals surface area contributed by atoms with Crippen LogP contribution in [-0.2, 0) is 16.0 Å². The molecule has 1 unspecified atom stereocenters. The van der Waals surface area contributed by atoms with Crippen molar-refractivity contribution < 1.29 is 9.53 Å². The minimum Gasteiger partial charge on any atom is -0.381 e. The maximum Gasteiger partial charge on any atom is 0.244 e. The molecule has 0 radical (unpaired) electrons. The molecule has 0 bridgehead atoms. The third kappa shape index (κ3) is 2.43. The maximum absolute atomic E-state index is 12.6. The zero-order valence-corrected chi connectivity index (χ0v) is 12.1. The number of anilines is 1. The first-order valence-electron chi connectivity index (χ1n) is 7.10. The first-order valence-corrected chi connectivity index (χ1v) is 7.48. The summed E-state index contributed by atoms with van der Waals surface area (Å²) in [6.07, 6.45) is 2.54. The Balaban J connectivity index is 1.77. The predicted molar refractivity (Wildman–Crippen MR) is 79.0 cm³/mol. The molecule has 1 atom stereocenters. The van der Waals surface area contributed by atoms with Crippen LogP contribution in [0.4, 0.5) is 5.69 Å². The van der Waals surface area contributed by atoms with Gasteiger partial charge in [0, 0.05) is 30.5 Å². The average Bonchev–Trinajstić information content (AvgIpc) is 2.92. The molecule has 4 nitrogen and oxygen atoms in total. The molecule has 1 aromatic carbocycles. The number of amides is 1. The Morgan fingerprint density at radius 1 is 1.40 bits per heavy atom. The van der Waals surface area contributed by atoms with E-state index in [0.717, 1.165) is 35.5 Å². The van der Waals surface area contributed by atoms with Crippen LogP contribution in [0.15, 0.2) is 18.2 Å². The van der Waals surface area contributed by atoms with Gasteiger partial charge in [0.05, 0.1) is 6.04 Å². The molecule has 108 valence electrons. The van der Waals surface area contributed by atoms with E-state index in [-0.39, 0.29) is 11.8 Å². The Morgan fingerprint density at radius 2 is 2.15 bits per heavy atom. The molecule has 0 saturated carbocycles. The maximum atomic E-state index is 12.6. The number of hydrogen-bond acceptors (Lipinski definition) is 3. The van der Waals surface area contributed by atoms with Gasteiger partial charge >= 0.3 is 0 Å². The minimum atomic E-state index is -0.441. The zero-order valence-electron chi connectivity index (χ0n) is 11.3. The van der Waals surface area contributed by atoms with Gasteiger partial charge in [-0.1, -0.05) is 17.7 Å². The van der Waals surface area contributed by atoms with Crippen LogP contribution in [0.2, 0.25) is 5.02 Å². The number of nitrogens with zero attached hydrogens (tertiary/aromatic N) is 1. The smallest absolute Gasteiger partial charge is 0.244 e. The summed E-state index contributed by atoms with van der Waals surface area (Å²) in [5.41, 5.74) is 8.17. The average molecular weight is 295 g/mol. The highest BCUT2D eigenvalue weighted by Gasteiger charge is 2.33. The summed E-state index contributed by atoms with van der Waals surface area (Å²) in [4.78, 5) is 14.4. The summed E-state index contributed by atoms with van der Waals surface area (Å²) in [5, 5.41) is 0.734. The standard InChI is InChI=1S/C15H19ClN2O2/c16-12-2-1-3-13-11(12)4-7-18(13)15(19)14(17)10-5-8-20-9-6-10/h1-3,10,14H,4-9,17H2. The molecule has 1 saturated heterocycles. The van der Waals surface area contributed by atoms with Gasteiger partial charge in [-0.3, -0.25) is 4.79 Å². The van der Waals surface area contributed by atoms with E-state index in [4.69, 9.17) is 22.1 Å². The zero-order chi connectivity index (χ0) is 14.1. The molecular weight excluding hydrogens is 276 g/mol. The van der Waals surface area contributed by atoms with Crippen LogP contribution in [0, 0.1) is 5.92 Å². The van der Waals surface area contributed by atoms with Crippen LogP contribution in [0.5, 0.6) is 0 Å². The third-order valence-electron chi connectivity index (χ3n) is 4.30. The molecule has 2 heterocycles. The van der Waals surface area contributed by atoms with Gasteiger partial charge in [0.25, 0.3) is 0 Å². The van der Waals surface area contributed by atoms with Crippen LogP contribution in [0.1, 0.15) is 18.4 Å². The third-order valence-corrected chi connectivity index (χ3v) is 4.65. The van der Waals surface area contributed by atoms with E-state index in [1.807, 2.05) is 18.2 Å². The second-order valence-corrected chi connectivity index (χ2v) is 5.86. The number of fused-ring (bicyclic) bond motifs is 1. The summed E-state index contributed by atoms with van der Waals surface area (Å²) in [5.74, 6) is 0.234. The predicted octanol–water partition coefficient (Wildman–Crippen LogP) is 1.98. The van der Waals surface area contributed by atoms with E-state index < -0.39 is 6.04 Å². The lowest BCUT2D eigenvalue weighted by Gasteiger charge is -2.30. The number of hydrogen-bond donors (Lipinski definition) is 1. The molecule has 1 aromatic rings. The molecule has 2 aliphatic rings. The molecule has 20 heavy (non-hydrogen) atoms. The van der Waals surface area contributed by atoms with Crippen molar-refractivity contribution in [2.24, 2.45) is 11.7 Å². The number of carbonyl (C=O) groups excluding carboxylic acids is 1. The summed E-state index contributed by atoms with van der Waals surface area (Å²) in [6, 6.07) is 5.26. The second-order valence-electron chi connectivity index (χ2n) is 5.45. The molecule has 0 aromatic heterocycles. The van der Waals surface area contributed by atoms with Crippen LogP contribution in [0.25, 0.3) is 0 Å². The van der Waals surface area contributed by atoms with Crippen molar-refractivity contribution in [3.63, 3.8) is 0 Å². The summed E-state index contributed by atoms with van der Waals surface area (Å²) in [6.45, 7) is 2.08. The Morgan fingerprint density at radius 3 is 2.90 bits per heavy atom. The molecule has 1 amide bonds. The molecule has 0 aliphatic carbocycles. The molecule has 3 rings (SSSR count). The minimum absolute atomic E-state index is 0.0120. The molecule has 5 heteroatoms. The van der Waals surface area contributed by atoms with Crippen molar-refractivity contribution in [2.75, 3.05) is 24.7 Å². The van der Waals surface area contributed by atoms with E-state index in [1.165, 1.54) is 0 Å². The van der Waals surface area contributed by atoms with Crippen LogP contribution in [-0.4, -0.2) is 31.7 Å². The monoisotopic (exact) mass is 294 g/mol. The summed E-state index contributed by atoms with van der Waals surface area (Å²) >= 11 is 6.18. The lowest BCUT2D eigenvalue weighted by molar-refractivity contribution is -0.121. The van der Waals surface area contributed by atoms with Gasteiger partial charge in [0.1, 0.15) is 0 Å². The molecule has 0 spiro atoms. The normalized spacial score (nSPS) is 20.8. The van der Waals surface area contributed by atoms with Gasteiger partial charge in [-0.05, 0) is 42.9 Å². The van der Waals surface area contributed by atoms with Gasteiger partial charge < -0.3 is 15.4 Å².